The number of hydrogen-bond acceptors (Lipinski definition) is 4. The number of nitrogens with two attached hydrogens (primary N) is 1. The van der Waals surface area contributed by atoms with Crippen molar-refractivity contribution in [2.75, 3.05) is 5.73 Å². The molecule has 0 amide bonds. The number of pyridine rings is 1. The standard InChI is InChI=1S/C12H12N2O2S/c13-12-7-6-10(8-14-12)9-17(15,16)11-4-2-1-3-5-11/h1-8H,9H2,(H2,13,14). The van der Waals surface area contributed by atoms with Crippen molar-refractivity contribution >= 4 is 15.7 Å². The molecule has 0 aliphatic carbocycles. The van der Waals surface area contributed by atoms with Crippen LogP contribution in [0.15, 0.2) is 53.6 Å². The Morgan fingerprint density at radius 1 is 1.06 bits per heavy atom. The van der Waals surface area contributed by atoms with Gasteiger partial charge in [0.2, 0.25) is 0 Å². The Bertz CT molecular complexity index is 592. The number of benzene rings is 1. The Balaban J connectivity index is 2.27. The maximum absolute atomic E-state index is 12.0. The molecule has 0 saturated carbocycles. The molecular weight excluding hydrogens is 236 g/mol. The van der Waals surface area contributed by atoms with Gasteiger partial charge in [-0.1, -0.05) is 24.3 Å². The number of hydrogen-bond donors (Lipinski definition) is 1. The van der Waals surface area contributed by atoms with Gasteiger partial charge in [0.15, 0.2) is 9.84 Å². The summed E-state index contributed by atoms with van der Waals surface area (Å²) in [4.78, 5) is 4.19. The summed E-state index contributed by atoms with van der Waals surface area (Å²) >= 11 is 0. The Morgan fingerprint density at radius 3 is 2.35 bits per heavy atom. The fourth-order valence-corrected chi connectivity index (χ4v) is 2.80. The van der Waals surface area contributed by atoms with Crippen molar-refractivity contribution in [2.45, 2.75) is 10.6 Å². The summed E-state index contributed by atoms with van der Waals surface area (Å²) in [5.74, 6) is 0.315. The first-order valence-corrected chi connectivity index (χ1v) is 6.71. The highest BCUT2D eigenvalue weighted by molar-refractivity contribution is 7.90. The van der Waals surface area contributed by atoms with E-state index in [4.69, 9.17) is 5.73 Å². The largest absolute Gasteiger partial charge is 0.384 e. The van der Waals surface area contributed by atoms with Crippen LogP contribution in [0.5, 0.6) is 0 Å². The molecule has 1 aromatic heterocycles. The lowest BCUT2D eigenvalue weighted by Crippen LogP contribution is -2.05. The lowest BCUT2D eigenvalue weighted by atomic mass is 10.3. The van der Waals surface area contributed by atoms with Gasteiger partial charge in [-0.15, -0.1) is 0 Å². The van der Waals surface area contributed by atoms with Crippen molar-refractivity contribution in [3.05, 3.63) is 54.2 Å². The maximum atomic E-state index is 12.0. The lowest BCUT2D eigenvalue weighted by Gasteiger charge is -2.04. The predicted octanol–water partition coefficient (Wildman–Crippen LogP) is 1.64. The zero-order valence-electron chi connectivity index (χ0n) is 9.08. The molecule has 1 aromatic carbocycles. The van der Waals surface area contributed by atoms with Crippen LogP contribution in [-0.4, -0.2) is 13.4 Å². The Morgan fingerprint density at radius 2 is 1.76 bits per heavy atom. The molecule has 0 radical (unpaired) electrons. The van der Waals surface area contributed by atoms with E-state index in [1.807, 2.05) is 0 Å². The molecule has 1 heterocycles. The molecule has 2 aromatic rings. The highest BCUT2D eigenvalue weighted by Gasteiger charge is 2.14. The molecule has 2 N–H and O–H groups in total. The Labute approximate surface area is 100 Å². The van der Waals surface area contributed by atoms with Gasteiger partial charge in [0.25, 0.3) is 0 Å². The third-order valence-electron chi connectivity index (χ3n) is 2.31. The van der Waals surface area contributed by atoms with Gasteiger partial charge in [0.1, 0.15) is 5.82 Å². The highest BCUT2D eigenvalue weighted by atomic mass is 32.2. The van der Waals surface area contributed by atoms with E-state index in [0.717, 1.165) is 0 Å². The molecule has 0 atom stereocenters. The summed E-state index contributed by atoms with van der Waals surface area (Å²) in [6, 6.07) is 11.6. The summed E-state index contributed by atoms with van der Waals surface area (Å²) in [7, 11) is -3.31. The van der Waals surface area contributed by atoms with Gasteiger partial charge in [-0.3, -0.25) is 0 Å². The van der Waals surface area contributed by atoms with E-state index in [1.54, 1.807) is 42.5 Å². The summed E-state index contributed by atoms with van der Waals surface area (Å²) in [6.07, 6.45) is 1.48. The van der Waals surface area contributed by atoms with E-state index >= 15 is 0 Å². The van der Waals surface area contributed by atoms with Crippen LogP contribution in [0.3, 0.4) is 0 Å². The molecule has 2 rings (SSSR count). The van der Waals surface area contributed by atoms with Gasteiger partial charge in [-0.2, -0.15) is 0 Å². The second-order valence-electron chi connectivity index (χ2n) is 3.66. The van der Waals surface area contributed by atoms with E-state index in [2.05, 4.69) is 4.98 Å². The number of anilines is 1. The van der Waals surface area contributed by atoms with Crippen LogP contribution in [0, 0.1) is 0 Å². The molecule has 17 heavy (non-hydrogen) atoms. The van der Waals surface area contributed by atoms with Crippen molar-refractivity contribution < 1.29 is 8.42 Å². The van der Waals surface area contributed by atoms with Crippen LogP contribution in [0.2, 0.25) is 0 Å². The third kappa shape index (κ3) is 2.82. The monoisotopic (exact) mass is 248 g/mol. The third-order valence-corrected chi connectivity index (χ3v) is 4.01. The van der Waals surface area contributed by atoms with Gasteiger partial charge in [0.05, 0.1) is 10.6 Å². The first kappa shape index (κ1) is 11.6. The molecule has 0 fully saturated rings. The fraction of sp³-hybridized carbons (Fsp3) is 0.0833. The second-order valence-corrected chi connectivity index (χ2v) is 5.65. The molecule has 0 bridgehead atoms. The normalized spacial score (nSPS) is 11.3. The van der Waals surface area contributed by atoms with Gasteiger partial charge < -0.3 is 5.73 Å². The number of aromatic nitrogens is 1. The first-order valence-electron chi connectivity index (χ1n) is 5.06. The summed E-state index contributed by atoms with van der Waals surface area (Å²) in [5, 5.41) is 0. The summed E-state index contributed by atoms with van der Waals surface area (Å²) in [6.45, 7) is 0. The van der Waals surface area contributed by atoms with Crippen LogP contribution < -0.4 is 5.73 Å². The number of sulfone groups is 1. The smallest absolute Gasteiger partial charge is 0.182 e. The van der Waals surface area contributed by atoms with E-state index in [0.29, 0.717) is 16.3 Å². The average molecular weight is 248 g/mol. The molecule has 0 aliphatic rings. The maximum Gasteiger partial charge on any atom is 0.182 e. The van der Waals surface area contributed by atoms with Gasteiger partial charge in [-0.25, -0.2) is 13.4 Å². The molecule has 5 heteroatoms. The summed E-state index contributed by atoms with van der Waals surface area (Å²) in [5.41, 5.74) is 6.07. The van der Waals surface area contributed by atoms with E-state index in [-0.39, 0.29) is 5.75 Å². The van der Waals surface area contributed by atoms with Crippen LogP contribution in [-0.2, 0) is 15.6 Å². The van der Waals surface area contributed by atoms with Crippen LogP contribution >= 0.6 is 0 Å². The van der Waals surface area contributed by atoms with Gasteiger partial charge in [0, 0.05) is 6.20 Å². The van der Waals surface area contributed by atoms with Crippen LogP contribution in [0.4, 0.5) is 5.82 Å². The van der Waals surface area contributed by atoms with E-state index in [9.17, 15) is 8.42 Å². The zero-order valence-corrected chi connectivity index (χ0v) is 9.89. The van der Waals surface area contributed by atoms with Crippen molar-refractivity contribution in [2.24, 2.45) is 0 Å². The van der Waals surface area contributed by atoms with E-state index < -0.39 is 9.84 Å². The Hall–Kier alpha value is -1.88. The minimum Gasteiger partial charge on any atom is -0.384 e. The summed E-state index contributed by atoms with van der Waals surface area (Å²) < 4.78 is 24.1. The second kappa shape index (κ2) is 4.55. The average Bonchev–Trinajstić information content (AvgIpc) is 2.33. The molecule has 4 nitrogen and oxygen atoms in total. The minimum atomic E-state index is -3.31. The fourth-order valence-electron chi connectivity index (χ4n) is 1.45. The van der Waals surface area contributed by atoms with Gasteiger partial charge >= 0.3 is 0 Å². The van der Waals surface area contributed by atoms with Crippen molar-refractivity contribution in [1.29, 1.82) is 0 Å². The minimum absolute atomic E-state index is 0.0652. The number of nitrogen functional groups attached to an aromatic ring is 1. The predicted molar refractivity (Wildman–Crippen MR) is 66.0 cm³/mol. The van der Waals surface area contributed by atoms with Crippen LogP contribution in [0.25, 0.3) is 0 Å². The molecular formula is C12H12N2O2S. The van der Waals surface area contributed by atoms with Gasteiger partial charge in [-0.05, 0) is 23.8 Å². The van der Waals surface area contributed by atoms with Crippen LogP contribution in [0.1, 0.15) is 5.56 Å². The Kier molecular flexibility index (Phi) is 3.10. The SMILES string of the molecule is Nc1ccc(CS(=O)(=O)c2ccccc2)cn1. The molecule has 0 aliphatic heterocycles. The molecule has 0 saturated heterocycles. The molecule has 0 unspecified atom stereocenters. The quantitative estimate of drug-likeness (QED) is 0.896. The lowest BCUT2D eigenvalue weighted by molar-refractivity contribution is 0.595. The van der Waals surface area contributed by atoms with Crippen molar-refractivity contribution in [3.63, 3.8) is 0 Å². The van der Waals surface area contributed by atoms with Crippen molar-refractivity contribution in [3.8, 4) is 0 Å². The van der Waals surface area contributed by atoms with E-state index in [1.165, 1.54) is 6.20 Å². The number of nitrogens with zero attached hydrogens (tertiary/aromatic N) is 1. The topological polar surface area (TPSA) is 73.1 Å². The number of rotatable bonds is 3. The molecule has 88 valence electrons. The molecule has 0 spiro atoms. The first-order chi connectivity index (χ1) is 8.08. The zero-order chi connectivity index (χ0) is 12.3. The highest BCUT2D eigenvalue weighted by Crippen LogP contribution is 2.15. The van der Waals surface area contributed by atoms with Crippen molar-refractivity contribution in [1.82, 2.24) is 4.98 Å².